The summed E-state index contributed by atoms with van der Waals surface area (Å²) in [6, 6.07) is 9.61. The van der Waals surface area contributed by atoms with E-state index in [-0.39, 0.29) is 11.9 Å². The van der Waals surface area contributed by atoms with Gasteiger partial charge < -0.3 is 15.4 Å². The van der Waals surface area contributed by atoms with Crippen molar-refractivity contribution in [1.82, 2.24) is 4.90 Å². The van der Waals surface area contributed by atoms with E-state index >= 15 is 0 Å². The highest BCUT2D eigenvalue weighted by Crippen LogP contribution is 2.13. The van der Waals surface area contributed by atoms with Crippen LogP contribution < -0.4 is 5.73 Å². The van der Waals surface area contributed by atoms with Gasteiger partial charge in [-0.1, -0.05) is 37.3 Å². The molecular formula is C15H22N2O2. The van der Waals surface area contributed by atoms with E-state index in [0.717, 1.165) is 12.0 Å². The number of nitrogens with two attached hydrogens (primary N) is 1. The van der Waals surface area contributed by atoms with Crippen molar-refractivity contribution < 1.29 is 9.53 Å². The first kappa shape index (κ1) is 14.0. The molecule has 0 aromatic heterocycles. The number of hydrogen-bond acceptors (Lipinski definition) is 3. The van der Waals surface area contributed by atoms with Crippen molar-refractivity contribution >= 4 is 5.91 Å². The Morgan fingerprint density at radius 1 is 1.47 bits per heavy atom. The molecule has 1 fully saturated rings. The molecule has 0 bridgehead atoms. The van der Waals surface area contributed by atoms with Crippen LogP contribution in [0.15, 0.2) is 30.3 Å². The van der Waals surface area contributed by atoms with Gasteiger partial charge in [-0.15, -0.1) is 0 Å². The van der Waals surface area contributed by atoms with Gasteiger partial charge >= 0.3 is 0 Å². The maximum Gasteiger partial charge on any atom is 0.240 e. The first-order chi connectivity index (χ1) is 9.22. The Kier molecular flexibility index (Phi) is 4.93. The van der Waals surface area contributed by atoms with Crippen molar-refractivity contribution in [2.24, 2.45) is 5.73 Å². The van der Waals surface area contributed by atoms with E-state index in [1.54, 1.807) is 0 Å². The molecule has 0 aliphatic carbocycles. The first-order valence-electron chi connectivity index (χ1n) is 6.90. The lowest BCUT2D eigenvalue weighted by molar-refractivity contribution is -0.141. The fourth-order valence-electron chi connectivity index (χ4n) is 2.45. The van der Waals surface area contributed by atoms with E-state index in [9.17, 15) is 4.79 Å². The Labute approximate surface area is 114 Å². The lowest BCUT2D eigenvalue weighted by Crippen LogP contribution is -2.54. The summed E-state index contributed by atoms with van der Waals surface area (Å²) in [5, 5.41) is 0. The summed E-state index contributed by atoms with van der Waals surface area (Å²) in [5.74, 6) is 0.0407. The van der Waals surface area contributed by atoms with Crippen LogP contribution in [0.25, 0.3) is 0 Å². The second-order valence-corrected chi connectivity index (χ2v) is 4.96. The number of nitrogens with zero attached hydrogens (tertiary/aromatic N) is 1. The zero-order valence-corrected chi connectivity index (χ0v) is 11.4. The van der Waals surface area contributed by atoms with Crippen molar-refractivity contribution in [3.8, 4) is 0 Å². The van der Waals surface area contributed by atoms with Crippen molar-refractivity contribution in [3.63, 3.8) is 0 Å². The molecule has 19 heavy (non-hydrogen) atoms. The number of amides is 1. The minimum absolute atomic E-state index is 0.0407. The predicted molar refractivity (Wildman–Crippen MR) is 74.7 cm³/mol. The van der Waals surface area contributed by atoms with Crippen LogP contribution in [0.4, 0.5) is 0 Å². The highest BCUT2D eigenvalue weighted by atomic mass is 16.5. The third kappa shape index (κ3) is 3.55. The fraction of sp³-hybridized carbons (Fsp3) is 0.533. The summed E-state index contributed by atoms with van der Waals surface area (Å²) < 4.78 is 5.42. The maximum atomic E-state index is 12.4. The quantitative estimate of drug-likeness (QED) is 0.887. The normalized spacial score (nSPS) is 21.2. The van der Waals surface area contributed by atoms with E-state index in [0.29, 0.717) is 26.2 Å². The molecule has 2 N–H and O–H groups in total. The molecule has 4 heteroatoms. The first-order valence-corrected chi connectivity index (χ1v) is 6.90. The summed E-state index contributed by atoms with van der Waals surface area (Å²) in [5.41, 5.74) is 7.17. The Bertz CT molecular complexity index is 408. The average Bonchev–Trinajstić information content (AvgIpc) is 2.47. The molecule has 1 aromatic carbocycles. The monoisotopic (exact) mass is 262 g/mol. The molecule has 2 unspecified atom stereocenters. The molecule has 2 rings (SSSR count). The molecule has 1 aliphatic rings. The van der Waals surface area contributed by atoms with Crippen LogP contribution in [0.5, 0.6) is 0 Å². The number of carbonyl (C=O) groups is 1. The molecule has 4 nitrogen and oxygen atoms in total. The van der Waals surface area contributed by atoms with Crippen molar-refractivity contribution in [2.75, 3.05) is 19.8 Å². The van der Waals surface area contributed by atoms with Crippen LogP contribution in [0.2, 0.25) is 0 Å². The number of benzene rings is 1. The van der Waals surface area contributed by atoms with E-state index in [4.69, 9.17) is 10.5 Å². The fourth-order valence-corrected chi connectivity index (χ4v) is 2.45. The van der Waals surface area contributed by atoms with Crippen LogP contribution in [-0.2, 0) is 16.0 Å². The number of morpholine rings is 1. The molecule has 1 saturated heterocycles. The zero-order chi connectivity index (χ0) is 13.7. The van der Waals surface area contributed by atoms with Crippen molar-refractivity contribution in [2.45, 2.75) is 31.8 Å². The molecule has 1 aliphatic heterocycles. The number of carbonyl (C=O) groups excluding carboxylic acids is 1. The molecule has 0 saturated carbocycles. The maximum absolute atomic E-state index is 12.4. The summed E-state index contributed by atoms with van der Waals surface area (Å²) >= 11 is 0. The molecule has 1 aromatic rings. The Balaban J connectivity index is 1.98. The van der Waals surface area contributed by atoms with E-state index < -0.39 is 6.04 Å². The summed E-state index contributed by atoms with van der Waals surface area (Å²) in [6.07, 6.45) is 1.50. The molecule has 1 amide bonds. The highest BCUT2D eigenvalue weighted by Gasteiger charge is 2.29. The predicted octanol–water partition coefficient (Wildman–Crippen LogP) is 1.19. The van der Waals surface area contributed by atoms with Crippen LogP contribution in [0, 0.1) is 0 Å². The van der Waals surface area contributed by atoms with Gasteiger partial charge in [-0.2, -0.15) is 0 Å². The molecule has 0 radical (unpaired) electrons. The van der Waals surface area contributed by atoms with E-state index in [1.807, 2.05) is 35.2 Å². The summed E-state index contributed by atoms with van der Waals surface area (Å²) in [4.78, 5) is 14.3. The third-order valence-corrected chi connectivity index (χ3v) is 3.60. The number of ether oxygens (including phenoxy) is 1. The van der Waals surface area contributed by atoms with Gasteiger partial charge in [0.1, 0.15) is 0 Å². The third-order valence-electron chi connectivity index (χ3n) is 3.60. The van der Waals surface area contributed by atoms with Gasteiger partial charge in [-0.3, -0.25) is 4.79 Å². The van der Waals surface area contributed by atoms with Crippen LogP contribution in [0.1, 0.15) is 18.9 Å². The van der Waals surface area contributed by atoms with Gasteiger partial charge in [0.2, 0.25) is 5.91 Å². The molecule has 104 valence electrons. The van der Waals surface area contributed by atoms with Gasteiger partial charge in [0.05, 0.1) is 25.3 Å². The summed E-state index contributed by atoms with van der Waals surface area (Å²) in [7, 11) is 0. The number of hydrogen-bond donors (Lipinski definition) is 1. The average molecular weight is 262 g/mol. The van der Waals surface area contributed by atoms with Crippen LogP contribution >= 0.6 is 0 Å². The Hall–Kier alpha value is -1.39. The largest absolute Gasteiger partial charge is 0.377 e. The topological polar surface area (TPSA) is 55.6 Å². The highest BCUT2D eigenvalue weighted by molar-refractivity contribution is 5.82. The molecule has 2 atom stereocenters. The lowest BCUT2D eigenvalue weighted by atomic mass is 10.0. The SMILES string of the molecule is CCC1COCCN1C(=O)C(N)Cc1ccccc1. The lowest BCUT2D eigenvalue weighted by Gasteiger charge is -2.36. The standard InChI is InChI=1S/C15H22N2O2/c1-2-13-11-19-9-8-17(13)15(18)14(16)10-12-6-4-3-5-7-12/h3-7,13-14H,2,8-11,16H2,1H3. The molecule has 0 spiro atoms. The van der Waals surface area contributed by atoms with Gasteiger partial charge in [0.25, 0.3) is 0 Å². The van der Waals surface area contributed by atoms with Crippen molar-refractivity contribution in [3.05, 3.63) is 35.9 Å². The number of rotatable bonds is 4. The van der Waals surface area contributed by atoms with E-state index in [2.05, 4.69) is 6.92 Å². The van der Waals surface area contributed by atoms with Crippen LogP contribution in [0.3, 0.4) is 0 Å². The van der Waals surface area contributed by atoms with E-state index in [1.165, 1.54) is 0 Å². The Morgan fingerprint density at radius 3 is 2.89 bits per heavy atom. The molecule has 1 heterocycles. The molecular weight excluding hydrogens is 240 g/mol. The van der Waals surface area contributed by atoms with Gasteiger partial charge in [-0.05, 0) is 18.4 Å². The summed E-state index contributed by atoms with van der Waals surface area (Å²) in [6.45, 7) is 3.96. The Morgan fingerprint density at radius 2 is 2.21 bits per heavy atom. The second kappa shape index (κ2) is 6.68. The van der Waals surface area contributed by atoms with Gasteiger partial charge in [-0.25, -0.2) is 0 Å². The minimum atomic E-state index is -0.463. The van der Waals surface area contributed by atoms with Gasteiger partial charge in [0, 0.05) is 6.54 Å². The van der Waals surface area contributed by atoms with Crippen LogP contribution in [-0.4, -0.2) is 42.6 Å². The van der Waals surface area contributed by atoms with Gasteiger partial charge in [0.15, 0.2) is 0 Å². The minimum Gasteiger partial charge on any atom is -0.377 e. The van der Waals surface area contributed by atoms with Crippen molar-refractivity contribution in [1.29, 1.82) is 0 Å². The smallest absolute Gasteiger partial charge is 0.240 e. The second-order valence-electron chi connectivity index (χ2n) is 4.96. The zero-order valence-electron chi connectivity index (χ0n) is 11.4.